The van der Waals surface area contributed by atoms with Crippen molar-refractivity contribution in [3.05, 3.63) is 65.7 Å². The minimum Gasteiger partial charge on any atom is -0.497 e. The van der Waals surface area contributed by atoms with Crippen molar-refractivity contribution >= 4 is 11.8 Å². The Hall–Kier alpha value is -2.86. The standard InChI is InChI=1S/C25H32N2O4/c1-30-22-9-7-21(8-10-22)25(14-17-31-18-15-25)19-27-24(29)12-11-23(28)26-16-13-20-5-3-2-4-6-20/h2-10H,11-19H2,1H3,(H,26,28)(H,27,29). The van der Waals surface area contributed by atoms with Gasteiger partial charge in [0.2, 0.25) is 11.8 Å². The maximum absolute atomic E-state index is 12.4. The van der Waals surface area contributed by atoms with Crippen molar-refractivity contribution in [2.75, 3.05) is 33.4 Å². The van der Waals surface area contributed by atoms with Crippen LogP contribution in [-0.2, 0) is 26.2 Å². The van der Waals surface area contributed by atoms with Crippen molar-refractivity contribution in [3.63, 3.8) is 0 Å². The molecule has 0 aliphatic carbocycles. The number of ether oxygens (including phenoxy) is 2. The van der Waals surface area contributed by atoms with Crippen LogP contribution < -0.4 is 15.4 Å². The van der Waals surface area contributed by atoms with Crippen LogP contribution in [0.5, 0.6) is 5.75 Å². The molecule has 1 fully saturated rings. The number of carbonyl (C=O) groups excluding carboxylic acids is 2. The molecule has 2 aromatic carbocycles. The van der Waals surface area contributed by atoms with Gasteiger partial charge < -0.3 is 20.1 Å². The van der Waals surface area contributed by atoms with Gasteiger partial charge in [-0.05, 0) is 42.5 Å². The van der Waals surface area contributed by atoms with Gasteiger partial charge in [-0.25, -0.2) is 0 Å². The van der Waals surface area contributed by atoms with Crippen LogP contribution in [0.2, 0.25) is 0 Å². The zero-order valence-electron chi connectivity index (χ0n) is 18.2. The van der Waals surface area contributed by atoms with Crippen LogP contribution in [0.15, 0.2) is 54.6 Å². The van der Waals surface area contributed by atoms with E-state index in [-0.39, 0.29) is 30.1 Å². The first-order valence-electron chi connectivity index (χ1n) is 10.9. The van der Waals surface area contributed by atoms with Gasteiger partial charge >= 0.3 is 0 Å². The zero-order chi connectivity index (χ0) is 21.9. The fourth-order valence-corrected chi connectivity index (χ4v) is 3.94. The third kappa shape index (κ3) is 6.82. The van der Waals surface area contributed by atoms with Crippen LogP contribution in [-0.4, -0.2) is 45.2 Å². The smallest absolute Gasteiger partial charge is 0.220 e. The van der Waals surface area contributed by atoms with Crippen molar-refractivity contribution in [2.45, 2.75) is 37.5 Å². The molecule has 0 spiro atoms. The third-order valence-corrected chi connectivity index (χ3v) is 5.93. The molecule has 2 N–H and O–H groups in total. The van der Waals surface area contributed by atoms with E-state index in [4.69, 9.17) is 9.47 Å². The molecule has 1 saturated heterocycles. The van der Waals surface area contributed by atoms with Gasteiger partial charge in [-0.1, -0.05) is 42.5 Å². The summed E-state index contributed by atoms with van der Waals surface area (Å²) in [6, 6.07) is 18.1. The first kappa shape index (κ1) is 22.8. The lowest BCUT2D eigenvalue weighted by Gasteiger charge is -2.38. The first-order valence-corrected chi connectivity index (χ1v) is 10.9. The highest BCUT2D eigenvalue weighted by Crippen LogP contribution is 2.35. The van der Waals surface area contributed by atoms with Gasteiger partial charge in [0.05, 0.1) is 7.11 Å². The summed E-state index contributed by atoms with van der Waals surface area (Å²) in [6.07, 6.45) is 2.86. The predicted molar refractivity (Wildman–Crippen MR) is 120 cm³/mol. The van der Waals surface area contributed by atoms with Crippen molar-refractivity contribution in [1.29, 1.82) is 0 Å². The first-order chi connectivity index (χ1) is 15.1. The molecule has 0 saturated carbocycles. The van der Waals surface area contributed by atoms with Crippen molar-refractivity contribution in [2.24, 2.45) is 0 Å². The Morgan fingerprint density at radius 1 is 0.935 bits per heavy atom. The Morgan fingerprint density at radius 2 is 1.58 bits per heavy atom. The van der Waals surface area contributed by atoms with E-state index in [1.807, 2.05) is 42.5 Å². The largest absolute Gasteiger partial charge is 0.497 e. The summed E-state index contributed by atoms with van der Waals surface area (Å²) >= 11 is 0. The van der Waals surface area contributed by atoms with Crippen LogP contribution in [0, 0.1) is 0 Å². The number of hydrogen-bond donors (Lipinski definition) is 2. The Balaban J connectivity index is 1.44. The van der Waals surface area contributed by atoms with Crippen LogP contribution in [0.25, 0.3) is 0 Å². The van der Waals surface area contributed by atoms with E-state index in [2.05, 4.69) is 22.8 Å². The van der Waals surface area contributed by atoms with Gasteiger partial charge in [0.15, 0.2) is 0 Å². The number of hydrogen-bond acceptors (Lipinski definition) is 4. The molecular weight excluding hydrogens is 392 g/mol. The normalized spacial score (nSPS) is 15.1. The molecule has 6 heteroatoms. The number of nitrogens with one attached hydrogen (secondary N) is 2. The molecule has 31 heavy (non-hydrogen) atoms. The predicted octanol–water partition coefficient (Wildman–Crippen LogP) is 3.00. The van der Waals surface area contributed by atoms with Gasteiger partial charge in [-0.3, -0.25) is 9.59 Å². The van der Waals surface area contributed by atoms with Crippen LogP contribution in [0.1, 0.15) is 36.8 Å². The van der Waals surface area contributed by atoms with E-state index in [0.29, 0.717) is 26.3 Å². The summed E-state index contributed by atoms with van der Waals surface area (Å²) < 4.78 is 10.8. The lowest BCUT2D eigenvalue weighted by molar-refractivity contribution is -0.126. The monoisotopic (exact) mass is 424 g/mol. The van der Waals surface area contributed by atoms with Crippen molar-refractivity contribution in [1.82, 2.24) is 10.6 Å². The SMILES string of the molecule is COc1ccc(C2(CNC(=O)CCC(=O)NCCc3ccccc3)CCOCC2)cc1. The summed E-state index contributed by atoms with van der Waals surface area (Å²) in [5.41, 5.74) is 2.20. The fourth-order valence-electron chi connectivity index (χ4n) is 3.94. The molecule has 2 amide bonds. The van der Waals surface area contributed by atoms with Crippen molar-refractivity contribution < 1.29 is 19.1 Å². The Kier molecular flexibility index (Phi) is 8.47. The van der Waals surface area contributed by atoms with E-state index in [1.165, 1.54) is 11.1 Å². The molecule has 3 rings (SSSR count). The van der Waals surface area contributed by atoms with E-state index in [0.717, 1.165) is 25.0 Å². The molecule has 0 unspecified atom stereocenters. The fraction of sp³-hybridized carbons (Fsp3) is 0.440. The average molecular weight is 425 g/mol. The van der Waals surface area contributed by atoms with E-state index < -0.39 is 0 Å². The number of carbonyl (C=O) groups is 2. The second-order valence-electron chi connectivity index (χ2n) is 7.98. The topological polar surface area (TPSA) is 76.7 Å². The molecule has 1 aliphatic heterocycles. The summed E-state index contributed by atoms with van der Waals surface area (Å²) in [5, 5.41) is 5.94. The van der Waals surface area contributed by atoms with E-state index in [1.54, 1.807) is 7.11 Å². The summed E-state index contributed by atoms with van der Waals surface area (Å²) in [7, 11) is 1.65. The molecule has 1 heterocycles. The summed E-state index contributed by atoms with van der Waals surface area (Å²) in [4.78, 5) is 24.5. The van der Waals surface area contributed by atoms with Crippen LogP contribution in [0.4, 0.5) is 0 Å². The Bertz CT molecular complexity index is 830. The second-order valence-corrected chi connectivity index (χ2v) is 7.98. The number of benzene rings is 2. The zero-order valence-corrected chi connectivity index (χ0v) is 18.2. The van der Waals surface area contributed by atoms with Gasteiger partial charge in [0.1, 0.15) is 5.75 Å². The molecule has 0 radical (unpaired) electrons. The lowest BCUT2D eigenvalue weighted by Crippen LogP contribution is -2.44. The van der Waals surface area contributed by atoms with Crippen LogP contribution >= 0.6 is 0 Å². The molecule has 166 valence electrons. The molecule has 0 atom stereocenters. The lowest BCUT2D eigenvalue weighted by atomic mass is 9.74. The number of methoxy groups -OCH3 is 1. The average Bonchev–Trinajstić information content (AvgIpc) is 2.83. The third-order valence-electron chi connectivity index (χ3n) is 5.93. The van der Waals surface area contributed by atoms with Crippen LogP contribution in [0.3, 0.4) is 0 Å². The molecule has 0 aromatic heterocycles. The Labute approximate surface area is 184 Å². The molecular formula is C25H32N2O4. The Morgan fingerprint density at radius 3 is 2.23 bits per heavy atom. The highest BCUT2D eigenvalue weighted by atomic mass is 16.5. The van der Waals surface area contributed by atoms with Gasteiger partial charge in [-0.2, -0.15) is 0 Å². The minimum atomic E-state index is -0.155. The summed E-state index contributed by atoms with van der Waals surface area (Å²) in [5.74, 6) is 0.618. The molecule has 1 aliphatic rings. The van der Waals surface area contributed by atoms with E-state index >= 15 is 0 Å². The van der Waals surface area contributed by atoms with E-state index in [9.17, 15) is 9.59 Å². The van der Waals surface area contributed by atoms with Crippen molar-refractivity contribution in [3.8, 4) is 5.75 Å². The minimum absolute atomic E-state index is 0.0954. The highest BCUT2D eigenvalue weighted by molar-refractivity contribution is 5.83. The second kappa shape index (κ2) is 11.5. The maximum Gasteiger partial charge on any atom is 0.220 e. The van der Waals surface area contributed by atoms with Gasteiger partial charge in [0.25, 0.3) is 0 Å². The van der Waals surface area contributed by atoms with Gasteiger partial charge in [0, 0.05) is 44.6 Å². The summed E-state index contributed by atoms with van der Waals surface area (Å²) in [6.45, 7) is 2.46. The molecule has 2 aromatic rings. The molecule has 0 bridgehead atoms. The number of rotatable bonds is 10. The highest BCUT2D eigenvalue weighted by Gasteiger charge is 2.34. The molecule has 6 nitrogen and oxygen atoms in total. The van der Waals surface area contributed by atoms with Gasteiger partial charge in [-0.15, -0.1) is 0 Å². The maximum atomic E-state index is 12.4. The number of amides is 2. The quantitative estimate of drug-likeness (QED) is 0.615.